The molecule has 0 saturated carbocycles. The minimum Gasteiger partial charge on any atom is -0.387 e. The van der Waals surface area contributed by atoms with Crippen LogP contribution in [0.5, 0.6) is 0 Å². The summed E-state index contributed by atoms with van der Waals surface area (Å²) in [5.74, 6) is -0.891. The summed E-state index contributed by atoms with van der Waals surface area (Å²) < 4.78 is 13.0. The molecular formula is C20H18FNO3. The van der Waals surface area contributed by atoms with Gasteiger partial charge in [0.15, 0.2) is 0 Å². The number of aliphatic hydroxyl groups is 1. The van der Waals surface area contributed by atoms with Gasteiger partial charge in [0.25, 0.3) is 0 Å². The molecule has 1 fully saturated rings. The first kappa shape index (κ1) is 16.0. The average Bonchev–Trinajstić information content (AvgIpc) is 3.09. The molecule has 5 heteroatoms. The van der Waals surface area contributed by atoms with Crippen LogP contribution in [0.15, 0.2) is 48.5 Å². The van der Waals surface area contributed by atoms with E-state index in [1.165, 1.54) is 24.3 Å². The molecule has 128 valence electrons. The van der Waals surface area contributed by atoms with Crippen molar-refractivity contribution in [2.45, 2.75) is 30.8 Å². The molecule has 2 aliphatic rings. The zero-order chi connectivity index (χ0) is 17.6. The third-order valence-electron chi connectivity index (χ3n) is 5.37. The molecule has 2 aromatic rings. The number of aryl methyl sites for hydroxylation is 1. The van der Waals surface area contributed by atoms with Crippen LogP contribution in [0.1, 0.15) is 35.6 Å². The smallest absolute Gasteiger partial charge is 0.240 e. The standard InChI is InChI=1S/C20H18FNO3/c21-15-7-5-14(6-8-15)17(23)12-22-18(24)11-20(19(22)25)10-9-13-3-1-2-4-16(13)20/h1-8,17,23H,9-12H2/t17-,20+/m1/s1. The molecule has 25 heavy (non-hydrogen) atoms. The number of nitrogens with zero attached hydrogens (tertiary/aromatic N) is 1. The Kier molecular flexibility index (Phi) is 3.69. The monoisotopic (exact) mass is 339 g/mol. The zero-order valence-corrected chi connectivity index (χ0v) is 13.6. The van der Waals surface area contributed by atoms with Gasteiger partial charge in [-0.05, 0) is 41.7 Å². The van der Waals surface area contributed by atoms with E-state index < -0.39 is 17.3 Å². The van der Waals surface area contributed by atoms with E-state index in [2.05, 4.69) is 0 Å². The highest BCUT2D eigenvalue weighted by molar-refractivity contribution is 6.09. The van der Waals surface area contributed by atoms with Crippen LogP contribution in [-0.4, -0.2) is 28.4 Å². The molecule has 1 spiro atoms. The lowest BCUT2D eigenvalue weighted by atomic mass is 9.80. The van der Waals surface area contributed by atoms with E-state index in [9.17, 15) is 19.1 Å². The quantitative estimate of drug-likeness (QED) is 0.874. The van der Waals surface area contributed by atoms with Crippen molar-refractivity contribution in [3.8, 4) is 0 Å². The maximum absolute atomic E-state index is 13.1. The first-order chi connectivity index (χ1) is 12.0. The van der Waals surface area contributed by atoms with Crippen molar-refractivity contribution in [1.29, 1.82) is 0 Å². The van der Waals surface area contributed by atoms with Crippen LogP contribution in [0.3, 0.4) is 0 Å². The van der Waals surface area contributed by atoms with Crippen molar-refractivity contribution in [3.05, 3.63) is 71.0 Å². The molecule has 0 aromatic heterocycles. The van der Waals surface area contributed by atoms with Crippen molar-refractivity contribution < 1.29 is 19.1 Å². The summed E-state index contributed by atoms with van der Waals surface area (Å²) in [7, 11) is 0. The topological polar surface area (TPSA) is 57.6 Å². The SMILES string of the molecule is O=C1C[C@]2(CCc3ccccc32)C(=O)N1C[C@@H](O)c1ccc(F)cc1. The minimum atomic E-state index is -1.03. The van der Waals surface area contributed by atoms with E-state index >= 15 is 0 Å². The summed E-state index contributed by atoms with van der Waals surface area (Å²) in [6, 6.07) is 13.2. The minimum absolute atomic E-state index is 0.104. The lowest BCUT2D eigenvalue weighted by Gasteiger charge is -2.24. The highest BCUT2D eigenvalue weighted by Gasteiger charge is 2.55. The number of β-amino-alcohol motifs (C(OH)–C–C–N with tert-alkyl or cyclic N) is 1. The Bertz CT molecular complexity index is 848. The Morgan fingerprint density at radius 3 is 2.60 bits per heavy atom. The first-order valence-corrected chi connectivity index (χ1v) is 8.38. The van der Waals surface area contributed by atoms with Crippen LogP contribution in [0.4, 0.5) is 4.39 Å². The molecule has 1 heterocycles. The van der Waals surface area contributed by atoms with E-state index in [1.54, 1.807) is 0 Å². The number of carbonyl (C=O) groups is 2. The van der Waals surface area contributed by atoms with Gasteiger partial charge in [-0.25, -0.2) is 4.39 Å². The van der Waals surface area contributed by atoms with Gasteiger partial charge in [0.1, 0.15) is 5.82 Å². The third kappa shape index (κ3) is 2.46. The lowest BCUT2D eigenvalue weighted by Crippen LogP contribution is -2.39. The van der Waals surface area contributed by atoms with Crippen LogP contribution < -0.4 is 0 Å². The van der Waals surface area contributed by atoms with Crippen molar-refractivity contribution in [2.75, 3.05) is 6.54 Å². The van der Waals surface area contributed by atoms with Gasteiger partial charge in [-0.3, -0.25) is 14.5 Å². The number of amides is 2. The highest BCUT2D eigenvalue weighted by Crippen LogP contribution is 2.47. The van der Waals surface area contributed by atoms with Gasteiger partial charge >= 0.3 is 0 Å². The summed E-state index contributed by atoms with van der Waals surface area (Å²) >= 11 is 0. The Morgan fingerprint density at radius 1 is 1.12 bits per heavy atom. The molecule has 1 aliphatic carbocycles. The van der Waals surface area contributed by atoms with Crippen LogP contribution in [0, 0.1) is 5.82 Å². The summed E-state index contributed by atoms with van der Waals surface area (Å²) in [5.41, 5.74) is 1.75. The fourth-order valence-corrected chi connectivity index (χ4v) is 4.04. The van der Waals surface area contributed by atoms with Crippen molar-refractivity contribution in [1.82, 2.24) is 4.90 Å². The second kappa shape index (κ2) is 5.77. The predicted molar refractivity (Wildman–Crippen MR) is 89.1 cm³/mol. The maximum Gasteiger partial charge on any atom is 0.240 e. The van der Waals surface area contributed by atoms with E-state index in [4.69, 9.17) is 0 Å². The van der Waals surface area contributed by atoms with Crippen molar-refractivity contribution in [2.24, 2.45) is 0 Å². The molecule has 2 aromatic carbocycles. The van der Waals surface area contributed by atoms with Crippen molar-refractivity contribution in [3.63, 3.8) is 0 Å². The molecule has 4 nitrogen and oxygen atoms in total. The van der Waals surface area contributed by atoms with Gasteiger partial charge < -0.3 is 5.11 Å². The number of halogens is 1. The Balaban J connectivity index is 1.59. The summed E-state index contributed by atoms with van der Waals surface area (Å²) in [5, 5.41) is 10.4. The Morgan fingerprint density at radius 2 is 1.84 bits per heavy atom. The number of fused-ring (bicyclic) bond motifs is 2. The maximum atomic E-state index is 13.1. The van der Waals surface area contributed by atoms with Crippen molar-refractivity contribution >= 4 is 11.8 Å². The fourth-order valence-electron chi connectivity index (χ4n) is 4.04. The van der Waals surface area contributed by atoms with Gasteiger partial charge in [-0.2, -0.15) is 0 Å². The number of rotatable bonds is 3. The van der Waals surface area contributed by atoms with E-state index in [0.29, 0.717) is 12.0 Å². The number of hydrogen-bond donors (Lipinski definition) is 1. The van der Waals surface area contributed by atoms with Gasteiger partial charge in [0, 0.05) is 6.42 Å². The number of aliphatic hydroxyl groups excluding tert-OH is 1. The normalized spacial score (nSPS) is 23.4. The molecule has 0 bridgehead atoms. The second-order valence-corrected chi connectivity index (χ2v) is 6.79. The molecule has 2 atom stereocenters. The largest absolute Gasteiger partial charge is 0.387 e. The van der Waals surface area contributed by atoms with Gasteiger partial charge in [-0.1, -0.05) is 36.4 Å². The number of likely N-dealkylation sites (tertiary alicyclic amines) is 1. The summed E-state index contributed by atoms with van der Waals surface area (Å²) in [6.45, 7) is -0.104. The molecule has 0 radical (unpaired) electrons. The highest BCUT2D eigenvalue weighted by atomic mass is 19.1. The van der Waals surface area contributed by atoms with Gasteiger partial charge in [0.05, 0.1) is 18.1 Å². The summed E-state index contributed by atoms with van der Waals surface area (Å²) in [4.78, 5) is 26.7. The first-order valence-electron chi connectivity index (χ1n) is 8.38. The van der Waals surface area contributed by atoms with Gasteiger partial charge in [-0.15, -0.1) is 0 Å². The average molecular weight is 339 g/mol. The fraction of sp³-hybridized carbons (Fsp3) is 0.300. The number of imide groups is 1. The zero-order valence-electron chi connectivity index (χ0n) is 13.6. The third-order valence-corrected chi connectivity index (χ3v) is 5.37. The number of hydrogen-bond acceptors (Lipinski definition) is 3. The Labute approximate surface area is 144 Å². The molecule has 0 unspecified atom stereocenters. The second-order valence-electron chi connectivity index (χ2n) is 6.79. The van der Waals surface area contributed by atoms with E-state index in [-0.39, 0.29) is 24.8 Å². The molecule has 1 N–H and O–H groups in total. The molecule has 2 amide bonds. The molecule has 1 saturated heterocycles. The van der Waals surface area contributed by atoms with E-state index in [1.807, 2.05) is 24.3 Å². The molecular weight excluding hydrogens is 321 g/mol. The van der Waals surface area contributed by atoms with Gasteiger partial charge in [0.2, 0.25) is 11.8 Å². The Hall–Kier alpha value is -2.53. The van der Waals surface area contributed by atoms with Crippen LogP contribution >= 0.6 is 0 Å². The van der Waals surface area contributed by atoms with Crippen LogP contribution in [-0.2, 0) is 21.4 Å². The summed E-state index contributed by atoms with van der Waals surface area (Å²) in [6.07, 6.45) is 0.531. The van der Waals surface area contributed by atoms with Crippen LogP contribution in [0.2, 0.25) is 0 Å². The molecule has 4 rings (SSSR count). The predicted octanol–water partition coefficient (Wildman–Crippen LogP) is 2.50. The molecule has 1 aliphatic heterocycles. The van der Waals surface area contributed by atoms with E-state index in [0.717, 1.165) is 22.4 Å². The lowest BCUT2D eigenvalue weighted by molar-refractivity contribution is -0.141. The number of carbonyl (C=O) groups excluding carboxylic acids is 2. The number of benzene rings is 2. The van der Waals surface area contributed by atoms with Crippen LogP contribution in [0.25, 0.3) is 0 Å².